The highest BCUT2D eigenvalue weighted by Gasteiger charge is 2.22. The second kappa shape index (κ2) is 9.25. The van der Waals surface area contributed by atoms with Gasteiger partial charge in [0.25, 0.3) is 5.91 Å². The van der Waals surface area contributed by atoms with Gasteiger partial charge in [-0.2, -0.15) is 0 Å². The standard InChI is InChI=1S/C20H22ClNO4/c1-13-4-6-14(7-5-13)10-15(20(24)26-3)12-22-19(23)17-9-8-16(21)11-18(17)25-2/h4-9,11,15H,10,12H2,1-3H3,(H,22,23). The van der Waals surface area contributed by atoms with E-state index in [1.165, 1.54) is 14.2 Å². The molecule has 1 amide bonds. The van der Waals surface area contributed by atoms with E-state index in [9.17, 15) is 9.59 Å². The Balaban J connectivity index is 2.08. The monoisotopic (exact) mass is 375 g/mol. The number of hydrogen-bond donors (Lipinski definition) is 1. The van der Waals surface area contributed by atoms with E-state index in [0.29, 0.717) is 22.8 Å². The molecule has 1 N–H and O–H groups in total. The molecule has 5 nitrogen and oxygen atoms in total. The van der Waals surface area contributed by atoms with Crippen LogP contribution in [0.3, 0.4) is 0 Å². The van der Waals surface area contributed by atoms with Gasteiger partial charge in [0.1, 0.15) is 5.75 Å². The Morgan fingerprint density at radius 1 is 1.12 bits per heavy atom. The van der Waals surface area contributed by atoms with Crippen molar-refractivity contribution < 1.29 is 19.1 Å². The van der Waals surface area contributed by atoms with Gasteiger partial charge in [-0.25, -0.2) is 0 Å². The van der Waals surface area contributed by atoms with Gasteiger partial charge in [0, 0.05) is 11.6 Å². The average Bonchev–Trinajstić information content (AvgIpc) is 2.65. The van der Waals surface area contributed by atoms with E-state index >= 15 is 0 Å². The lowest BCUT2D eigenvalue weighted by Crippen LogP contribution is -2.34. The Labute approximate surface area is 158 Å². The molecule has 2 aromatic carbocycles. The molecule has 0 radical (unpaired) electrons. The molecule has 0 fully saturated rings. The Kier molecular flexibility index (Phi) is 7.04. The molecule has 0 bridgehead atoms. The Bertz CT molecular complexity index is 774. The van der Waals surface area contributed by atoms with Crippen LogP contribution in [0.25, 0.3) is 0 Å². The summed E-state index contributed by atoms with van der Waals surface area (Å²) >= 11 is 5.92. The van der Waals surface area contributed by atoms with Gasteiger partial charge in [0.15, 0.2) is 0 Å². The molecule has 0 aliphatic rings. The molecular weight excluding hydrogens is 354 g/mol. The predicted molar refractivity (Wildman–Crippen MR) is 101 cm³/mol. The third-order valence-corrected chi connectivity index (χ3v) is 4.29. The normalized spacial score (nSPS) is 11.5. The van der Waals surface area contributed by atoms with Crippen molar-refractivity contribution >= 4 is 23.5 Å². The summed E-state index contributed by atoms with van der Waals surface area (Å²) in [6.45, 7) is 2.16. The van der Waals surface area contributed by atoms with Crippen molar-refractivity contribution in [2.24, 2.45) is 5.92 Å². The second-order valence-corrected chi connectivity index (χ2v) is 6.40. The smallest absolute Gasteiger partial charge is 0.310 e. The van der Waals surface area contributed by atoms with Crippen molar-refractivity contribution in [2.75, 3.05) is 20.8 Å². The maximum atomic E-state index is 12.5. The van der Waals surface area contributed by atoms with Gasteiger partial charge in [-0.05, 0) is 37.1 Å². The van der Waals surface area contributed by atoms with E-state index in [1.54, 1.807) is 18.2 Å². The number of benzene rings is 2. The maximum absolute atomic E-state index is 12.5. The van der Waals surface area contributed by atoms with Crippen LogP contribution in [0.4, 0.5) is 0 Å². The first-order chi connectivity index (χ1) is 12.4. The molecule has 26 heavy (non-hydrogen) atoms. The summed E-state index contributed by atoms with van der Waals surface area (Å²) in [6, 6.07) is 12.7. The Hall–Kier alpha value is -2.53. The molecule has 6 heteroatoms. The highest BCUT2D eigenvalue weighted by Crippen LogP contribution is 2.23. The van der Waals surface area contributed by atoms with E-state index < -0.39 is 5.92 Å². The van der Waals surface area contributed by atoms with Gasteiger partial charge in [0.05, 0.1) is 25.7 Å². The minimum atomic E-state index is -0.482. The lowest BCUT2D eigenvalue weighted by atomic mass is 9.98. The van der Waals surface area contributed by atoms with Gasteiger partial charge < -0.3 is 14.8 Å². The summed E-state index contributed by atoms with van der Waals surface area (Å²) in [7, 11) is 2.81. The molecule has 2 rings (SSSR count). The van der Waals surface area contributed by atoms with Crippen LogP contribution in [0, 0.1) is 12.8 Å². The number of halogens is 1. The maximum Gasteiger partial charge on any atom is 0.310 e. The lowest BCUT2D eigenvalue weighted by molar-refractivity contribution is -0.145. The first-order valence-electron chi connectivity index (χ1n) is 8.19. The minimum absolute atomic E-state index is 0.158. The summed E-state index contributed by atoms with van der Waals surface area (Å²) in [5, 5.41) is 3.25. The van der Waals surface area contributed by atoms with Crippen LogP contribution in [0.15, 0.2) is 42.5 Å². The van der Waals surface area contributed by atoms with Crippen LogP contribution in [-0.2, 0) is 16.0 Å². The molecule has 0 spiro atoms. The van der Waals surface area contributed by atoms with Crippen LogP contribution >= 0.6 is 11.6 Å². The number of nitrogens with one attached hydrogen (secondary N) is 1. The van der Waals surface area contributed by atoms with Crippen LogP contribution in [0.5, 0.6) is 5.75 Å². The van der Waals surface area contributed by atoms with Crippen LogP contribution < -0.4 is 10.1 Å². The fraction of sp³-hybridized carbons (Fsp3) is 0.300. The number of carbonyl (C=O) groups excluding carboxylic acids is 2. The topological polar surface area (TPSA) is 64.6 Å². The predicted octanol–water partition coefficient (Wildman–Crippen LogP) is 3.42. The molecule has 138 valence electrons. The van der Waals surface area contributed by atoms with Crippen molar-refractivity contribution in [3.8, 4) is 5.75 Å². The van der Waals surface area contributed by atoms with Gasteiger partial charge in [-0.15, -0.1) is 0 Å². The summed E-state index contributed by atoms with van der Waals surface area (Å²) in [5.41, 5.74) is 2.51. The van der Waals surface area contributed by atoms with Crippen molar-refractivity contribution in [2.45, 2.75) is 13.3 Å². The number of rotatable bonds is 7. The van der Waals surface area contributed by atoms with E-state index in [4.69, 9.17) is 21.1 Å². The summed E-state index contributed by atoms with van der Waals surface area (Å²) in [5.74, 6) is -0.807. The zero-order chi connectivity index (χ0) is 19.1. The number of amides is 1. The van der Waals surface area contributed by atoms with Crippen molar-refractivity contribution in [3.05, 3.63) is 64.2 Å². The van der Waals surface area contributed by atoms with Crippen molar-refractivity contribution in [1.29, 1.82) is 0 Å². The van der Waals surface area contributed by atoms with Gasteiger partial charge >= 0.3 is 5.97 Å². The Morgan fingerprint density at radius 3 is 2.42 bits per heavy atom. The van der Waals surface area contributed by atoms with Crippen LogP contribution in [-0.4, -0.2) is 32.6 Å². The van der Waals surface area contributed by atoms with E-state index in [2.05, 4.69) is 5.32 Å². The molecular formula is C20H22ClNO4. The highest BCUT2D eigenvalue weighted by atomic mass is 35.5. The molecule has 0 aromatic heterocycles. The van der Waals surface area contributed by atoms with Gasteiger partial charge in [-0.3, -0.25) is 9.59 Å². The number of ether oxygens (including phenoxy) is 2. The lowest BCUT2D eigenvalue weighted by Gasteiger charge is -2.16. The number of carbonyl (C=O) groups is 2. The zero-order valence-electron chi connectivity index (χ0n) is 15.0. The third-order valence-electron chi connectivity index (χ3n) is 4.05. The van der Waals surface area contributed by atoms with E-state index in [0.717, 1.165) is 11.1 Å². The number of methoxy groups -OCH3 is 2. The molecule has 0 saturated heterocycles. The highest BCUT2D eigenvalue weighted by molar-refractivity contribution is 6.30. The van der Waals surface area contributed by atoms with Crippen LogP contribution in [0.1, 0.15) is 21.5 Å². The largest absolute Gasteiger partial charge is 0.496 e. The summed E-state index contributed by atoms with van der Waals surface area (Å²) in [6.07, 6.45) is 0.477. The average molecular weight is 376 g/mol. The summed E-state index contributed by atoms with van der Waals surface area (Å²) in [4.78, 5) is 24.5. The molecule has 1 atom stereocenters. The van der Waals surface area contributed by atoms with Gasteiger partial charge in [0.2, 0.25) is 0 Å². The number of hydrogen-bond acceptors (Lipinski definition) is 4. The first-order valence-corrected chi connectivity index (χ1v) is 8.57. The van der Waals surface area contributed by atoms with E-state index in [1.807, 2.05) is 31.2 Å². The number of esters is 1. The second-order valence-electron chi connectivity index (χ2n) is 5.96. The molecule has 0 saturated carbocycles. The van der Waals surface area contributed by atoms with Gasteiger partial charge in [-0.1, -0.05) is 41.4 Å². The quantitative estimate of drug-likeness (QED) is 0.753. The third kappa shape index (κ3) is 5.23. The fourth-order valence-electron chi connectivity index (χ4n) is 2.58. The molecule has 0 aliphatic carbocycles. The molecule has 0 heterocycles. The molecule has 0 aliphatic heterocycles. The fourth-order valence-corrected chi connectivity index (χ4v) is 2.74. The molecule has 1 unspecified atom stereocenters. The summed E-state index contributed by atoms with van der Waals surface area (Å²) < 4.78 is 10.1. The SMILES string of the molecule is COC(=O)C(CNC(=O)c1ccc(Cl)cc1OC)Cc1ccc(C)cc1. The minimum Gasteiger partial charge on any atom is -0.496 e. The Morgan fingerprint density at radius 2 is 1.81 bits per heavy atom. The first kappa shape index (κ1) is 19.8. The van der Waals surface area contributed by atoms with Crippen molar-refractivity contribution in [3.63, 3.8) is 0 Å². The van der Waals surface area contributed by atoms with Crippen molar-refractivity contribution in [1.82, 2.24) is 5.32 Å². The van der Waals surface area contributed by atoms with E-state index in [-0.39, 0.29) is 18.4 Å². The molecule has 2 aromatic rings. The zero-order valence-corrected chi connectivity index (χ0v) is 15.8. The number of aryl methyl sites for hydroxylation is 1. The van der Waals surface area contributed by atoms with Crippen LogP contribution in [0.2, 0.25) is 5.02 Å².